The van der Waals surface area contributed by atoms with Crippen molar-refractivity contribution in [3.8, 4) is 0 Å². The van der Waals surface area contributed by atoms with Gasteiger partial charge in [0.1, 0.15) is 5.82 Å². The summed E-state index contributed by atoms with van der Waals surface area (Å²) in [5.74, 6) is -2.22. The predicted molar refractivity (Wildman–Crippen MR) is 86.6 cm³/mol. The molecule has 2 aromatic rings. The predicted octanol–water partition coefficient (Wildman–Crippen LogP) is 1.91. The molecule has 1 aromatic carbocycles. The number of carbonyl (C=O) groups excluding carboxylic acids is 1. The van der Waals surface area contributed by atoms with Crippen LogP contribution in [0.2, 0.25) is 0 Å². The SMILES string of the molecule is O=C(O)c1ccc(CC(=O)N2CCCC(n3ccnn3)CC2)cc1F. The molecule has 1 aliphatic rings. The van der Waals surface area contributed by atoms with Crippen LogP contribution in [-0.2, 0) is 11.2 Å². The number of rotatable bonds is 4. The zero-order valence-corrected chi connectivity index (χ0v) is 13.6. The second-order valence-electron chi connectivity index (χ2n) is 6.14. The summed E-state index contributed by atoms with van der Waals surface area (Å²) >= 11 is 0. The van der Waals surface area contributed by atoms with Gasteiger partial charge in [-0.25, -0.2) is 13.9 Å². The van der Waals surface area contributed by atoms with Crippen molar-refractivity contribution in [1.29, 1.82) is 0 Å². The van der Waals surface area contributed by atoms with Crippen LogP contribution in [0, 0.1) is 5.82 Å². The smallest absolute Gasteiger partial charge is 0.338 e. The number of benzene rings is 1. The van der Waals surface area contributed by atoms with Gasteiger partial charge in [-0.3, -0.25) is 4.79 Å². The van der Waals surface area contributed by atoms with Crippen molar-refractivity contribution >= 4 is 11.9 Å². The highest BCUT2D eigenvalue weighted by Gasteiger charge is 2.22. The summed E-state index contributed by atoms with van der Waals surface area (Å²) in [5, 5.41) is 16.7. The van der Waals surface area contributed by atoms with Gasteiger partial charge in [-0.2, -0.15) is 0 Å². The van der Waals surface area contributed by atoms with E-state index in [4.69, 9.17) is 5.11 Å². The first-order valence-electron chi connectivity index (χ1n) is 8.20. The quantitative estimate of drug-likeness (QED) is 0.914. The summed E-state index contributed by atoms with van der Waals surface area (Å²) in [6, 6.07) is 4.04. The molecule has 1 atom stereocenters. The molecule has 2 heterocycles. The highest BCUT2D eigenvalue weighted by atomic mass is 19.1. The third-order valence-electron chi connectivity index (χ3n) is 4.48. The van der Waals surface area contributed by atoms with E-state index < -0.39 is 11.8 Å². The number of amides is 1. The van der Waals surface area contributed by atoms with Gasteiger partial charge in [-0.1, -0.05) is 11.3 Å². The summed E-state index contributed by atoms with van der Waals surface area (Å²) in [5.41, 5.74) is 0.0891. The van der Waals surface area contributed by atoms with Crippen molar-refractivity contribution in [2.45, 2.75) is 31.7 Å². The molecular weight excluding hydrogens is 327 g/mol. The van der Waals surface area contributed by atoms with E-state index in [0.717, 1.165) is 25.3 Å². The van der Waals surface area contributed by atoms with Crippen LogP contribution < -0.4 is 0 Å². The number of carbonyl (C=O) groups is 2. The Balaban J connectivity index is 1.61. The minimum Gasteiger partial charge on any atom is -0.478 e. The molecule has 0 radical (unpaired) electrons. The standard InChI is InChI=1S/C17H19FN4O3/c18-15-10-12(3-4-14(15)17(24)25)11-16(23)21-7-1-2-13(5-8-21)22-9-6-19-20-22/h3-4,6,9-10,13H,1-2,5,7-8,11H2,(H,24,25). The molecule has 8 heteroatoms. The molecule has 1 fully saturated rings. The van der Waals surface area contributed by atoms with Crippen molar-refractivity contribution in [2.24, 2.45) is 0 Å². The lowest BCUT2D eigenvalue weighted by molar-refractivity contribution is -0.130. The van der Waals surface area contributed by atoms with Crippen molar-refractivity contribution in [3.05, 3.63) is 47.5 Å². The van der Waals surface area contributed by atoms with Crippen LogP contribution in [0.15, 0.2) is 30.6 Å². The van der Waals surface area contributed by atoms with Crippen molar-refractivity contribution in [1.82, 2.24) is 19.9 Å². The third kappa shape index (κ3) is 4.01. The molecule has 0 saturated carbocycles. The second-order valence-corrected chi connectivity index (χ2v) is 6.14. The van der Waals surface area contributed by atoms with Gasteiger partial charge >= 0.3 is 5.97 Å². The van der Waals surface area contributed by atoms with Gasteiger partial charge in [0.2, 0.25) is 5.91 Å². The first-order valence-corrected chi connectivity index (χ1v) is 8.20. The Morgan fingerprint density at radius 1 is 1.28 bits per heavy atom. The van der Waals surface area contributed by atoms with E-state index in [9.17, 15) is 14.0 Å². The lowest BCUT2D eigenvalue weighted by Gasteiger charge is -2.21. The van der Waals surface area contributed by atoms with Crippen molar-refractivity contribution < 1.29 is 19.1 Å². The fourth-order valence-corrected chi connectivity index (χ4v) is 3.13. The summed E-state index contributed by atoms with van der Waals surface area (Å²) in [4.78, 5) is 25.1. The number of hydrogen-bond donors (Lipinski definition) is 1. The molecule has 1 saturated heterocycles. The Bertz CT molecular complexity index is 763. The number of aromatic carboxylic acids is 1. The third-order valence-corrected chi connectivity index (χ3v) is 4.48. The minimum absolute atomic E-state index is 0.0603. The fraction of sp³-hybridized carbons (Fsp3) is 0.412. The fourth-order valence-electron chi connectivity index (χ4n) is 3.13. The number of carboxylic acid groups (broad SMARTS) is 1. The van der Waals surface area contributed by atoms with E-state index in [0.29, 0.717) is 18.7 Å². The topological polar surface area (TPSA) is 88.3 Å². The molecule has 1 N–H and O–H groups in total. The number of hydrogen-bond acceptors (Lipinski definition) is 4. The van der Waals surface area contributed by atoms with E-state index >= 15 is 0 Å². The molecule has 1 aliphatic heterocycles. The molecular formula is C17H19FN4O3. The monoisotopic (exact) mass is 346 g/mol. The maximum Gasteiger partial charge on any atom is 0.338 e. The Kier molecular flexibility index (Phi) is 5.06. The van der Waals surface area contributed by atoms with Gasteiger partial charge in [-0.05, 0) is 37.0 Å². The van der Waals surface area contributed by atoms with Crippen LogP contribution >= 0.6 is 0 Å². The Morgan fingerprint density at radius 2 is 2.12 bits per heavy atom. The molecule has 0 aliphatic carbocycles. The molecule has 132 valence electrons. The molecule has 7 nitrogen and oxygen atoms in total. The van der Waals surface area contributed by atoms with Gasteiger partial charge < -0.3 is 10.0 Å². The van der Waals surface area contributed by atoms with Gasteiger partial charge in [-0.15, -0.1) is 5.10 Å². The summed E-state index contributed by atoms with van der Waals surface area (Å²) in [6.45, 7) is 1.26. The van der Waals surface area contributed by atoms with Crippen molar-refractivity contribution in [2.75, 3.05) is 13.1 Å². The average molecular weight is 346 g/mol. The van der Waals surface area contributed by atoms with Crippen LogP contribution in [0.4, 0.5) is 4.39 Å². The van der Waals surface area contributed by atoms with E-state index in [1.54, 1.807) is 11.1 Å². The maximum absolute atomic E-state index is 13.7. The van der Waals surface area contributed by atoms with E-state index in [2.05, 4.69) is 10.3 Å². The highest BCUT2D eigenvalue weighted by Crippen LogP contribution is 2.22. The van der Waals surface area contributed by atoms with Gasteiger partial charge in [0, 0.05) is 19.3 Å². The Labute approximate surface area is 144 Å². The minimum atomic E-state index is -1.32. The number of carboxylic acids is 1. The number of likely N-dealkylation sites (tertiary alicyclic amines) is 1. The molecule has 25 heavy (non-hydrogen) atoms. The Hall–Kier alpha value is -2.77. The lowest BCUT2D eigenvalue weighted by atomic mass is 10.1. The average Bonchev–Trinajstić information content (AvgIpc) is 2.99. The van der Waals surface area contributed by atoms with Crippen LogP contribution in [0.25, 0.3) is 0 Å². The van der Waals surface area contributed by atoms with Gasteiger partial charge in [0.15, 0.2) is 0 Å². The van der Waals surface area contributed by atoms with E-state index in [1.807, 2.05) is 10.9 Å². The van der Waals surface area contributed by atoms with E-state index in [1.165, 1.54) is 12.1 Å². The zero-order chi connectivity index (χ0) is 17.8. The number of nitrogens with zero attached hydrogens (tertiary/aromatic N) is 4. The molecule has 1 aromatic heterocycles. The maximum atomic E-state index is 13.7. The number of halogens is 1. The summed E-state index contributed by atoms with van der Waals surface area (Å²) < 4.78 is 15.6. The molecule has 1 amide bonds. The van der Waals surface area contributed by atoms with Crippen molar-refractivity contribution in [3.63, 3.8) is 0 Å². The van der Waals surface area contributed by atoms with E-state index in [-0.39, 0.29) is 23.9 Å². The molecule has 0 spiro atoms. The largest absolute Gasteiger partial charge is 0.478 e. The van der Waals surface area contributed by atoms with Gasteiger partial charge in [0.25, 0.3) is 0 Å². The van der Waals surface area contributed by atoms with Crippen LogP contribution in [0.1, 0.15) is 41.2 Å². The summed E-state index contributed by atoms with van der Waals surface area (Å²) in [7, 11) is 0. The first-order chi connectivity index (χ1) is 12.0. The molecule has 1 unspecified atom stereocenters. The second kappa shape index (κ2) is 7.42. The van der Waals surface area contributed by atoms with Crippen LogP contribution in [-0.4, -0.2) is 50.0 Å². The molecule has 3 rings (SSSR count). The lowest BCUT2D eigenvalue weighted by Crippen LogP contribution is -2.33. The molecule has 0 bridgehead atoms. The van der Waals surface area contributed by atoms with Gasteiger partial charge in [0.05, 0.1) is 24.2 Å². The zero-order valence-electron chi connectivity index (χ0n) is 13.6. The first kappa shape index (κ1) is 17.1. The highest BCUT2D eigenvalue weighted by molar-refractivity contribution is 5.88. The van der Waals surface area contributed by atoms with Crippen LogP contribution in [0.5, 0.6) is 0 Å². The summed E-state index contributed by atoms with van der Waals surface area (Å²) in [6.07, 6.45) is 6.11. The normalized spacial score (nSPS) is 18.0. The number of aromatic nitrogens is 3. The van der Waals surface area contributed by atoms with Crippen LogP contribution in [0.3, 0.4) is 0 Å². The Morgan fingerprint density at radius 3 is 2.80 bits per heavy atom.